The summed E-state index contributed by atoms with van der Waals surface area (Å²) in [4.78, 5) is 31.9. The third-order valence-electron chi connectivity index (χ3n) is 3.69. The Morgan fingerprint density at radius 2 is 2.04 bits per heavy atom. The molecule has 2 rings (SSSR count). The molecule has 0 spiro atoms. The van der Waals surface area contributed by atoms with Crippen molar-refractivity contribution >= 4 is 17.8 Å². The van der Waals surface area contributed by atoms with E-state index in [9.17, 15) is 9.59 Å². The van der Waals surface area contributed by atoms with Gasteiger partial charge in [-0.3, -0.25) is 0 Å². The van der Waals surface area contributed by atoms with Gasteiger partial charge in [0.1, 0.15) is 5.82 Å². The van der Waals surface area contributed by atoms with Crippen LogP contribution in [-0.4, -0.2) is 61.2 Å². The molecule has 1 aromatic rings. The molecule has 0 aromatic carbocycles. The van der Waals surface area contributed by atoms with E-state index in [2.05, 4.69) is 15.2 Å². The van der Waals surface area contributed by atoms with Gasteiger partial charge in [-0.25, -0.2) is 14.6 Å². The summed E-state index contributed by atoms with van der Waals surface area (Å²) in [5, 5.41) is 2.83. The van der Waals surface area contributed by atoms with Crippen molar-refractivity contribution in [1.29, 1.82) is 0 Å². The molecule has 1 saturated heterocycles. The molecule has 1 aliphatic heterocycles. The first-order valence-electron chi connectivity index (χ1n) is 8.06. The number of carbonyl (C=O) groups excluding carboxylic acids is 2. The van der Waals surface area contributed by atoms with Gasteiger partial charge >= 0.3 is 12.0 Å². The van der Waals surface area contributed by atoms with Crippen LogP contribution >= 0.6 is 0 Å². The highest BCUT2D eigenvalue weighted by molar-refractivity contribution is 5.89. The van der Waals surface area contributed by atoms with E-state index in [1.54, 1.807) is 19.2 Å². The van der Waals surface area contributed by atoms with Crippen LogP contribution in [0, 0.1) is 0 Å². The smallest absolute Gasteiger partial charge is 0.339 e. The Bertz CT molecular complexity index is 533. The Balaban J connectivity index is 1.97. The van der Waals surface area contributed by atoms with E-state index < -0.39 is 0 Å². The van der Waals surface area contributed by atoms with Gasteiger partial charge in [-0.05, 0) is 32.4 Å². The number of hydrogen-bond donors (Lipinski definition) is 1. The first-order valence-corrected chi connectivity index (χ1v) is 8.06. The summed E-state index contributed by atoms with van der Waals surface area (Å²) < 4.78 is 4.95. The quantitative estimate of drug-likeness (QED) is 0.851. The van der Waals surface area contributed by atoms with Gasteiger partial charge in [-0.2, -0.15) is 0 Å². The van der Waals surface area contributed by atoms with Crippen LogP contribution in [0.25, 0.3) is 0 Å². The van der Waals surface area contributed by atoms with E-state index in [1.807, 2.05) is 17.9 Å². The molecule has 1 N–H and O–H groups in total. The number of nitrogens with zero attached hydrogens (tertiary/aromatic N) is 3. The third-order valence-corrected chi connectivity index (χ3v) is 3.69. The molecule has 0 bridgehead atoms. The van der Waals surface area contributed by atoms with Crippen LogP contribution in [0.5, 0.6) is 0 Å². The van der Waals surface area contributed by atoms with Gasteiger partial charge < -0.3 is 19.9 Å². The highest BCUT2D eigenvalue weighted by Crippen LogP contribution is 2.15. The molecule has 0 unspecified atom stereocenters. The number of anilines is 1. The summed E-state index contributed by atoms with van der Waals surface area (Å²) in [5.74, 6) is 0.459. The third kappa shape index (κ3) is 4.58. The Morgan fingerprint density at radius 1 is 1.22 bits per heavy atom. The van der Waals surface area contributed by atoms with Crippen molar-refractivity contribution in [3.8, 4) is 0 Å². The molecule has 0 radical (unpaired) electrons. The second-order valence-electron chi connectivity index (χ2n) is 5.29. The number of hydrogen-bond acceptors (Lipinski definition) is 5. The van der Waals surface area contributed by atoms with Gasteiger partial charge in [0, 0.05) is 38.9 Å². The molecule has 23 heavy (non-hydrogen) atoms. The Kier molecular flexibility index (Phi) is 6.19. The van der Waals surface area contributed by atoms with E-state index in [4.69, 9.17) is 4.74 Å². The second-order valence-corrected chi connectivity index (χ2v) is 5.29. The van der Waals surface area contributed by atoms with Crippen molar-refractivity contribution in [1.82, 2.24) is 15.2 Å². The summed E-state index contributed by atoms with van der Waals surface area (Å²) in [5.41, 5.74) is 0.453. The average Bonchev–Trinajstić information content (AvgIpc) is 2.81. The lowest BCUT2D eigenvalue weighted by Gasteiger charge is -2.23. The topological polar surface area (TPSA) is 74.8 Å². The zero-order chi connectivity index (χ0) is 16.7. The molecular formula is C16H24N4O3. The minimum absolute atomic E-state index is 0.0139. The second kappa shape index (κ2) is 8.36. The Hall–Kier alpha value is -2.31. The highest BCUT2D eigenvalue weighted by atomic mass is 16.5. The summed E-state index contributed by atoms with van der Waals surface area (Å²) in [6.45, 7) is 7.63. The summed E-state index contributed by atoms with van der Waals surface area (Å²) >= 11 is 0. The zero-order valence-corrected chi connectivity index (χ0v) is 13.7. The van der Waals surface area contributed by atoms with Crippen molar-refractivity contribution < 1.29 is 14.3 Å². The van der Waals surface area contributed by atoms with Gasteiger partial charge in [-0.15, -0.1) is 0 Å². The van der Waals surface area contributed by atoms with E-state index in [-0.39, 0.29) is 12.0 Å². The average molecular weight is 320 g/mol. The molecule has 2 heterocycles. The number of rotatable bonds is 4. The summed E-state index contributed by atoms with van der Waals surface area (Å²) in [6, 6.07) is 3.54. The van der Waals surface area contributed by atoms with Crippen LogP contribution < -0.4 is 10.2 Å². The number of amides is 2. The number of urea groups is 1. The molecule has 7 nitrogen and oxygen atoms in total. The molecule has 0 atom stereocenters. The van der Waals surface area contributed by atoms with Crippen molar-refractivity contribution in [2.75, 3.05) is 44.2 Å². The molecular weight excluding hydrogens is 296 g/mol. The lowest BCUT2D eigenvalue weighted by Crippen LogP contribution is -2.42. The van der Waals surface area contributed by atoms with Gasteiger partial charge in [0.2, 0.25) is 0 Å². The highest BCUT2D eigenvalue weighted by Gasteiger charge is 2.19. The summed E-state index contributed by atoms with van der Waals surface area (Å²) in [7, 11) is 0. The first kappa shape index (κ1) is 17.1. The van der Waals surface area contributed by atoms with Crippen molar-refractivity contribution in [3.63, 3.8) is 0 Å². The lowest BCUT2D eigenvalue weighted by molar-refractivity contribution is 0.0526. The monoisotopic (exact) mass is 320 g/mol. The van der Waals surface area contributed by atoms with E-state index >= 15 is 0 Å². The minimum atomic E-state index is -0.357. The number of pyridine rings is 1. The van der Waals surface area contributed by atoms with Crippen molar-refractivity contribution in [2.24, 2.45) is 0 Å². The largest absolute Gasteiger partial charge is 0.462 e. The Labute approximate surface area is 136 Å². The Morgan fingerprint density at radius 3 is 2.70 bits per heavy atom. The molecule has 1 fully saturated rings. The molecule has 1 aliphatic rings. The molecule has 0 saturated carbocycles. The van der Waals surface area contributed by atoms with E-state index in [0.29, 0.717) is 25.3 Å². The first-order chi connectivity index (χ1) is 11.2. The molecule has 0 aliphatic carbocycles. The summed E-state index contributed by atoms with van der Waals surface area (Å²) in [6.07, 6.45) is 2.43. The van der Waals surface area contributed by atoms with Gasteiger partial charge in [0.05, 0.1) is 12.2 Å². The number of carbonyl (C=O) groups is 2. The number of ether oxygens (including phenoxy) is 1. The van der Waals surface area contributed by atoms with Gasteiger partial charge in [0.25, 0.3) is 0 Å². The van der Waals surface area contributed by atoms with Crippen LogP contribution in [0.4, 0.5) is 10.6 Å². The number of nitrogens with one attached hydrogen (secondary N) is 1. The maximum absolute atomic E-state index is 11.9. The SMILES string of the molecule is CCNC(=O)N1CCCN(c2ccc(C(=O)OCC)cn2)CC1. The van der Waals surface area contributed by atoms with Crippen LogP contribution in [0.1, 0.15) is 30.6 Å². The molecule has 2 amide bonds. The number of aromatic nitrogens is 1. The molecule has 1 aromatic heterocycles. The number of esters is 1. The zero-order valence-electron chi connectivity index (χ0n) is 13.7. The maximum Gasteiger partial charge on any atom is 0.339 e. The van der Waals surface area contributed by atoms with Crippen LogP contribution in [0.15, 0.2) is 18.3 Å². The lowest BCUT2D eigenvalue weighted by atomic mass is 10.2. The van der Waals surface area contributed by atoms with Crippen molar-refractivity contribution in [3.05, 3.63) is 23.9 Å². The molecule has 126 valence electrons. The van der Waals surface area contributed by atoms with Gasteiger partial charge in [-0.1, -0.05) is 0 Å². The predicted molar refractivity (Wildman–Crippen MR) is 87.7 cm³/mol. The predicted octanol–water partition coefficient (Wildman–Crippen LogP) is 1.50. The fourth-order valence-electron chi connectivity index (χ4n) is 2.52. The molecule has 7 heteroatoms. The van der Waals surface area contributed by atoms with Crippen LogP contribution in [0.3, 0.4) is 0 Å². The van der Waals surface area contributed by atoms with Crippen LogP contribution in [0.2, 0.25) is 0 Å². The van der Waals surface area contributed by atoms with Crippen LogP contribution in [-0.2, 0) is 4.74 Å². The van der Waals surface area contributed by atoms with Crippen molar-refractivity contribution in [2.45, 2.75) is 20.3 Å². The van der Waals surface area contributed by atoms with Gasteiger partial charge in [0.15, 0.2) is 0 Å². The fraction of sp³-hybridized carbons (Fsp3) is 0.562. The fourth-order valence-corrected chi connectivity index (χ4v) is 2.52. The maximum atomic E-state index is 11.9. The normalized spacial score (nSPS) is 15.0. The standard InChI is InChI=1S/C16H24N4O3/c1-3-17-16(22)20-9-5-8-19(10-11-20)14-7-6-13(12-18-14)15(21)23-4-2/h6-7,12H,3-5,8-11H2,1-2H3,(H,17,22). The van der Waals surface area contributed by atoms with E-state index in [1.165, 1.54) is 0 Å². The minimum Gasteiger partial charge on any atom is -0.462 e. The van der Waals surface area contributed by atoms with E-state index in [0.717, 1.165) is 31.9 Å².